The largest absolute Gasteiger partial charge is 0.467 e. The van der Waals surface area contributed by atoms with Gasteiger partial charge in [0.2, 0.25) is 0 Å². The number of aromatic nitrogens is 3. The fourth-order valence-electron chi connectivity index (χ4n) is 2.46. The molecule has 0 N–H and O–H groups in total. The van der Waals surface area contributed by atoms with E-state index in [1.807, 2.05) is 18.2 Å². The van der Waals surface area contributed by atoms with E-state index in [1.165, 1.54) is 7.11 Å². The van der Waals surface area contributed by atoms with Gasteiger partial charge < -0.3 is 4.74 Å². The highest BCUT2D eigenvalue weighted by molar-refractivity contribution is 6.33. The van der Waals surface area contributed by atoms with Crippen molar-refractivity contribution in [2.24, 2.45) is 0 Å². The Balaban J connectivity index is 2.04. The number of carbonyl (C=O) groups excluding carboxylic acids is 1. The second-order valence-electron chi connectivity index (χ2n) is 4.71. The second kappa shape index (κ2) is 5.25. The normalized spacial score (nSPS) is 17.6. The van der Waals surface area contributed by atoms with Crippen LogP contribution in [0.5, 0.6) is 0 Å². The lowest BCUT2D eigenvalue weighted by molar-refractivity contribution is -0.145. The highest BCUT2D eigenvalue weighted by atomic mass is 35.5. The van der Waals surface area contributed by atoms with E-state index in [0.29, 0.717) is 10.8 Å². The standard InChI is InChI=1S/C14H14ClN3O2/c1-20-14(19)11-7-4-8-12-16-13(17-18(11)12)9-5-2-3-6-10(9)15/h2-3,5-6,11H,4,7-8H2,1H3. The summed E-state index contributed by atoms with van der Waals surface area (Å²) < 4.78 is 6.51. The van der Waals surface area contributed by atoms with Crippen LogP contribution in [0, 0.1) is 0 Å². The third kappa shape index (κ3) is 2.18. The van der Waals surface area contributed by atoms with Crippen LogP contribution in [-0.4, -0.2) is 27.8 Å². The summed E-state index contributed by atoms with van der Waals surface area (Å²) in [6.45, 7) is 0. The molecule has 6 heteroatoms. The maximum absolute atomic E-state index is 11.8. The zero-order valence-electron chi connectivity index (χ0n) is 11.0. The van der Waals surface area contributed by atoms with Gasteiger partial charge in [-0.2, -0.15) is 0 Å². The Labute approximate surface area is 121 Å². The molecular weight excluding hydrogens is 278 g/mol. The molecule has 0 saturated heterocycles. The van der Waals surface area contributed by atoms with Crippen molar-refractivity contribution in [2.45, 2.75) is 25.3 Å². The minimum absolute atomic E-state index is 0.276. The molecular formula is C14H14ClN3O2. The van der Waals surface area contributed by atoms with E-state index in [-0.39, 0.29) is 12.0 Å². The summed E-state index contributed by atoms with van der Waals surface area (Å²) in [6, 6.07) is 7.04. The van der Waals surface area contributed by atoms with Gasteiger partial charge in [0.05, 0.1) is 12.1 Å². The van der Waals surface area contributed by atoms with Gasteiger partial charge in [-0.15, -0.1) is 5.10 Å². The van der Waals surface area contributed by atoms with Crippen LogP contribution < -0.4 is 0 Å². The molecule has 0 saturated carbocycles. The maximum atomic E-state index is 11.8. The lowest BCUT2D eigenvalue weighted by Gasteiger charge is -2.20. The molecule has 0 bridgehead atoms. The van der Waals surface area contributed by atoms with E-state index in [2.05, 4.69) is 10.1 Å². The quantitative estimate of drug-likeness (QED) is 0.798. The first-order valence-corrected chi connectivity index (χ1v) is 6.86. The number of halogens is 1. The van der Waals surface area contributed by atoms with E-state index in [1.54, 1.807) is 10.7 Å². The van der Waals surface area contributed by atoms with Crippen LogP contribution in [0.1, 0.15) is 24.7 Å². The third-order valence-corrected chi connectivity index (χ3v) is 3.79. The molecule has 3 rings (SSSR count). The molecule has 1 aromatic heterocycles. The Morgan fingerprint density at radius 3 is 3.00 bits per heavy atom. The number of rotatable bonds is 2. The van der Waals surface area contributed by atoms with Gasteiger partial charge in [0.15, 0.2) is 11.9 Å². The van der Waals surface area contributed by atoms with Crippen molar-refractivity contribution in [1.29, 1.82) is 0 Å². The number of nitrogens with zero attached hydrogens (tertiary/aromatic N) is 3. The fourth-order valence-corrected chi connectivity index (χ4v) is 2.68. The zero-order chi connectivity index (χ0) is 14.1. The smallest absolute Gasteiger partial charge is 0.330 e. The van der Waals surface area contributed by atoms with Crippen molar-refractivity contribution in [3.8, 4) is 11.4 Å². The summed E-state index contributed by atoms with van der Waals surface area (Å²) in [6.07, 6.45) is 2.44. The molecule has 2 aromatic rings. The molecule has 0 spiro atoms. The number of methoxy groups -OCH3 is 1. The van der Waals surface area contributed by atoms with Crippen LogP contribution in [0.3, 0.4) is 0 Å². The molecule has 2 heterocycles. The van der Waals surface area contributed by atoms with Crippen LogP contribution in [0.25, 0.3) is 11.4 Å². The van der Waals surface area contributed by atoms with Crippen molar-refractivity contribution in [3.63, 3.8) is 0 Å². The molecule has 0 radical (unpaired) electrons. The monoisotopic (exact) mass is 291 g/mol. The molecule has 20 heavy (non-hydrogen) atoms. The van der Waals surface area contributed by atoms with Gasteiger partial charge in [0.1, 0.15) is 5.82 Å². The molecule has 0 aliphatic carbocycles. The Morgan fingerprint density at radius 1 is 1.45 bits per heavy atom. The van der Waals surface area contributed by atoms with Gasteiger partial charge in [-0.3, -0.25) is 0 Å². The number of carbonyl (C=O) groups is 1. The summed E-state index contributed by atoms with van der Waals surface area (Å²) in [5.74, 6) is 1.09. The summed E-state index contributed by atoms with van der Waals surface area (Å²) in [7, 11) is 1.39. The van der Waals surface area contributed by atoms with Gasteiger partial charge >= 0.3 is 5.97 Å². The predicted molar refractivity (Wildman–Crippen MR) is 74.5 cm³/mol. The minimum Gasteiger partial charge on any atom is -0.467 e. The van der Waals surface area contributed by atoms with Crippen molar-refractivity contribution in [1.82, 2.24) is 14.8 Å². The van der Waals surface area contributed by atoms with E-state index in [0.717, 1.165) is 30.7 Å². The second-order valence-corrected chi connectivity index (χ2v) is 5.11. The van der Waals surface area contributed by atoms with Gasteiger partial charge in [-0.1, -0.05) is 23.7 Å². The van der Waals surface area contributed by atoms with Gasteiger partial charge in [-0.05, 0) is 25.0 Å². The molecule has 0 fully saturated rings. The molecule has 1 unspecified atom stereocenters. The van der Waals surface area contributed by atoms with Gasteiger partial charge in [-0.25, -0.2) is 14.5 Å². The van der Waals surface area contributed by atoms with Crippen molar-refractivity contribution < 1.29 is 9.53 Å². The first-order valence-electron chi connectivity index (χ1n) is 6.49. The van der Waals surface area contributed by atoms with E-state index in [9.17, 15) is 4.79 Å². The molecule has 1 aliphatic rings. The molecule has 1 aromatic carbocycles. The third-order valence-electron chi connectivity index (χ3n) is 3.46. The average Bonchev–Trinajstić information content (AvgIpc) is 2.90. The molecule has 104 valence electrons. The maximum Gasteiger partial charge on any atom is 0.330 e. The Bertz CT molecular complexity index is 654. The van der Waals surface area contributed by atoms with Crippen LogP contribution in [0.15, 0.2) is 24.3 Å². The number of aryl methyl sites for hydroxylation is 1. The number of benzene rings is 1. The lowest BCUT2D eigenvalue weighted by Crippen LogP contribution is -2.27. The highest BCUT2D eigenvalue weighted by Crippen LogP contribution is 2.29. The summed E-state index contributed by atoms with van der Waals surface area (Å²) in [5.41, 5.74) is 0.777. The lowest BCUT2D eigenvalue weighted by atomic mass is 10.1. The first-order chi connectivity index (χ1) is 9.70. The minimum atomic E-state index is -0.382. The van der Waals surface area contributed by atoms with Crippen molar-refractivity contribution >= 4 is 17.6 Å². The number of ether oxygens (including phenoxy) is 1. The zero-order valence-corrected chi connectivity index (χ0v) is 11.8. The summed E-state index contributed by atoms with van der Waals surface area (Å²) in [4.78, 5) is 16.3. The topological polar surface area (TPSA) is 57.0 Å². The van der Waals surface area contributed by atoms with Crippen LogP contribution in [0.2, 0.25) is 5.02 Å². The molecule has 1 aliphatic heterocycles. The van der Waals surface area contributed by atoms with E-state index < -0.39 is 0 Å². The van der Waals surface area contributed by atoms with E-state index >= 15 is 0 Å². The molecule has 5 nitrogen and oxygen atoms in total. The SMILES string of the molecule is COC(=O)C1CCCc2nc(-c3ccccc3Cl)nn21. The number of esters is 1. The average molecular weight is 292 g/mol. The molecule has 1 atom stereocenters. The van der Waals surface area contributed by atoms with Gasteiger partial charge in [0.25, 0.3) is 0 Å². The Morgan fingerprint density at radius 2 is 2.25 bits per heavy atom. The predicted octanol–water partition coefficient (Wildman–Crippen LogP) is 2.65. The Hall–Kier alpha value is -1.88. The number of fused-ring (bicyclic) bond motifs is 1. The number of hydrogen-bond acceptors (Lipinski definition) is 4. The Kier molecular flexibility index (Phi) is 3.44. The van der Waals surface area contributed by atoms with Gasteiger partial charge in [0, 0.05) is 12.0 Å². The number of hydrogen-bond donors (Lipinski definition) is 0. The fraction of sp³-hybridized carbons (Fsp3) is 0.357. The van der Waals surface area contributed by atoms with Crippen molar-refractivity contribution in [2.75, 3.05) is 7.11 Å². The first kappa shape index (κ1) is 13.1. The summed E-state index contributed by atoms with van der Waals surface area (Å²) in [5, 5.41) is 5.05. The summed E-state index contributed by atoms with van der Waals surface area (Å²) >= 11 is 6.17. The highest BCUT2D eigenvalue weighted by Gasteiger charge is 2.29. The van der Waals surface area contributed by atoms with Crippen LogP contribution in [-0.2, 0) is 16.0 Å². The van der Waals surface area contributed by atoms with Crippen LogP contribution in [0.4, 0.5) is 0 Å². The molecule has 0 amide bonds. The van der Waals surface area contributed by atoms with Crippen LogP contribution >= 0.6 is 11.6 Å². The van der Waals surface area contributed by atoms with E-state index in [4.69, 9.17) is 16.3 Å². The van der Waals surface area contributed by atoms with Crippen molar-refractivity contribution in [3.05, 3.63) is 35.1 Å².